The fourth-order valence-electron chi connectivity index (χ4n) is 3.93. The molecule has 0 unspecified atom stereocenters. The number of nitrogens with one attached hydrogen (secondary N) is 1. The van der Waals surface area contributed by atoms with Gasteiger partial charge in [0.15, 0.2) is 0 Å². The second kappa shape index (κ2) is 12.8. The first kappa shape index (κ1) is 26.8. The van der Waals surface area contributed by atoms with Crippen LogP contribution in [-0.4, -0.2) is 28.8 Å². The number of benzene rings is 3. The molecule has 35 heavy (non-hydrogen) atoms. The van der Waals surface area contributed by atoms with E-state index in [2.05, 4.69) is 5.32 Å². The van der Waals surface area contributed by atoms with Crippen LogP contribution in [0.1, 0.15) is 42.5 Å². The molecule has 3 aromatic rings. The predicted molar refractivity (Wildman–Crippen MR) is 144 cm³/mol. The van der Waals surface area contributed by atoms with Crippen molar-refractivity contribution in [1.29, 1.82) is 0 Å². The second-order valence-corrected chi connectivity index (χ2v) is 9.79. The van der Waals surface area contributed by atoms with Crippen molar-refractivity contribution in [1.82, 2.24) is 10.2 Å². The highest BCUT2D eigenvalue weighted by Gasteiger charge is 2.31. The molecule has 0 fully saturated rings. The van der Waals surface area contributed by atoms with Crippen molar-refractivity contribution >= 4 is 35.0 Å². The minimum atomic E-state index is -0.699. The van der Waals surface area contributed by atoms with Gasteiger partial charge >= 0.3 is 0 Å². The number of nitrogens with zero attached hydrogens (tertiary/aromatic N) is 1. The van der Waals surface area contributed by atoms with Crippen molar-refractivity contribution < 1.29 is 9.59 Å². The third-order valence-corrected chi connectivity index (χ3v) is 6.65. The average molecular weight is 511 g/mol. The number of hydrogen-bond donors (Lipinski definition) is 1. The molecule has 0 spiro atoms. The molecular weight excluding hydrogens is 479 g/mol. The lowest BCUT2D eigenvalue weighted by atomic mass is 10.0. The fraction of sp³-hybridized carbons (Fsp3) is 0.310. The molecule has 0 bridgehead atoms. The molecule has 0 heterocycles. The van der Waals surface area contributed by atoms with Crippen LogP contribution in [0.2, 0.25) is 10.0 Å². The van der Waals surface area contributed by atoms with Crippen LogP contribution in [-0.2, 0) is 29.0 Å². The van der Waals surface area contributed by atoms with Crippen molar-refractivity contribution in [3.05, 3.63) is 105 Å². The van der Waals surface area contributed by atoms with E-state index < -0.39 is 6.04 Å². The lowest BCUT2D eigenvalue weighted by Gasteiger charge is -2.32. The molecule has 3 rings (SSSR count). The molecule has 0 aromatic heterocycles. The van der Waals surface area contributed by atoms with Crippen LogP contribution in [0, 0.1) is 6.92 Å². The van der Waals surface area contributed by atoms with Crippen molar-refractivity contribution in [2.45, 2.75) is 58.7 Å². The lowest BCUT2D eigenvalue weighted by Crippen LogP contribution is -2.52. The first-order valence-electron chi connectivity index (χ1n) is 11.9. The number of amides is 2. The van der Waals surface area contributed by atoms with Gasteiger partial charge in [-0.3, -0.25) is 9.59 Å². The Bertz CT molecular complexity index is 1150. The molecule has 1 N–H and O–H groups in total. The second-order valence-electron chi connectivity index (χ2n) is 8.95. The SMILES string of the molecule is CC[C@H](C)NC(=O)[C@@H](Cc1ccccc1)N(Cc1ccc(Cl)cc1Cl)C(=O)Cc1cccc(C)c1. The summed E-state index contributed by atoms with van der Waals surface area (Å²) in [6.45, 7) is 6.18. The average Bonchev–Trinajstić information content (AvgIpc) is 2.83. The molecule has 3 aromatic carbocycles. The van der Waals surface area contributed by atoms with E-state index in [0.717, 1.165) is 28.7 Å². The highest BCUT2D eigenvalue weighted by Crippen LogP contribution is 2.24. The molecule has 0 saturated carbocycles. The molecule has 6 heteroatoms. The minimum absolute atomic E-state index is 0.00591. The van der Waals surface area contributed by atoms with Gasteiger partial charge in [-0.05, 0) is 49.1 Å². The van der Waals surface area contributed by atoms with E-state index in [-0.39, 0.29) is 30.8 Å². The summed E-state index contributed by atoms with van der Waals surface area (Å²) in [5.41, 5.74) is 3.70. The van der Waals surface area contributed by atoms with Crippen molar-refractivity contribution in [2.24, 2.45) is 0 Å². The van der Waals surface area contributed by atoms with Gasteiger partial charge in [0.25, 0.3) is 0 Å². The molecule has 0 aliphatic heterocycles. The van der Waals surface area contributed by atoms with Gasteiger partial charge in [-0.1, -0.05) is 96.4 Å². The molecule has 2 atom stereocenters. The van der Waals surface area contributed by atoms with Crippen LogP contribution in [0.15, 0.2) is 72.8 Å². The van der Waals surface area contributed by atoms with E-state index in [4.69, 9.17) is 23.2 Å². The summed E-state index contributed by atoms with van der Waals surface area (Å²) in [5.74, 6) is -0.312. The summed E-state index contributed by atoms with van der Waals surface area (Å²) in [6.07, 6.45) is 1.38. The summed E-state index contributed by atoms with van der Waals surface area (Å²) >= 11 is 12.6. The molecule has 0 radical (unpaired) electrons. The highest BCUT2D eigenvalue weighted by atomic mass is 35.5. The first-order chi connectivity index (χ1) is 16.8. The third kappa shape index (κ3) is 7.84. The Morgan fingerprint density at radius 3 is 2.31 bits per heavy atom. The van der Waals surface area contributed by atoms with Crippen LogP contribution < -0.4 is 5.32 Å². The summed E-state index contributed by atoms with van der Waals surface area (Å²) in [5, 5.41) is 4.07. The summed E-state index contributed by atoms with van der Waals surface area (Å²) in [4.78, 5) is 29.0. The summed E-state index contributed by atoms with van der Waals surface area (Å²) < 4.78 is 0. The van der Waals surface area contributed by atoms with E-state index in [0.29, 0.717) is 16.5 Å². The van der Waals surface area contributed by atoms with E-state index in [1.165, 1.54) is 0 Å². The van der Waals surface area contributed by atoms with Crippen molar-refractivity contribution in [3.63, 3.8) is 0 Å². The standard InChI is InChI=1S/C29H32Cl2N2O2/c1-4-21(3)32-29(35)27(16-22-10-6-5-7-11-22)33(19-24-13-14-25(30)18-26(24)31)28(34)17-23-12-8-9-20(2)15-23/h5-15,18,21,27H,4,16-17,19H2,1-3H3,(H,32,35)/t21-,27+/m0/s1. The van der Waals surface area contributed by atoms with Gasteiger partial charge < -0.3 is 10.2 Å². The normalized spacial score (nSPS) is 12.6. The Morgan fingerprint density at radius 2 is 1.66 bits per heavy atom. The Labute approximate surface area is 218 Å². The summed E-state index contributed by atoms with van der Waals surface area (Å²) in [6, 6.07) is 22.1. The molecule has 4 nitrogen and oxygen atoms in total. The quantitative estimate of drug-likeness (QED) is 0.343. The van der Waals surface area contributed by atoms with Gasteiger partial charge in [0.1, 0.15) is 6.04 Å². The van der Waals surface area contributed by atoms with Crippen LogP contribution in [0.25, 0.3) is 0 Å². The van der Waals surface area contributed by atoms with E-state index in [9.17, 15) is 9.59 Å². The van der Waals surface area contributed by atoms with E-state index in [1.807, 2.05) is 81.4 Å². The van der Waals surface area contributed by atoms with Crippen LogP contribution in [0.5, 0.6) is 0 Å². The van der Waals surface area contributed by atoms with Gasteiger partial charge in [0.05, 0.1) is 6.42 Å². The first-order valence-corrected chi connectivity index (χ1v) is 12.7. The van der Waals surface area contributed by atoms with Crippen LogP contribution in [0.4, 0.5) is 0 Å². The molecule has 2 amide bonds. The van der Waals surface area contributed by atoms with Gasteiger partial charge in [0.2, 0.25) is 11.8 Å². The van der Waals surface area contributed by atoms with Gasteiger partial charge in [0, 0.05) is 29.1 Å². The number of aryl methyl sites for hydroxylation is 1. The zero-order valence-electron chi connectivity index (χ0n) is 20.4. The zero-order chi connectivity index (χ0) is 25.4. The minimum Gasteiger partial charge on any atom is -0.352 e. The lowest BCUT2D eigenvalue weighted by molar-refractivity contribution is -0.141. The smallest absolute Gasteiger partial charge is 0.243 e. The topological polar surface area (TPSA) is 49.4 Å². The maximum atomic E-state index is 13.8. The number of carbonyl (C=O) groups is 2. The Balaban J connectivity index is 2.00. The summed E-state index contributed by atoms with van der Waals surface area (Å²) in [7, 11) is 0. The zero-order valence-corrected chi connectivity index (χ0v) is 21.9. The maximum absolute atomic E-state index is 13.8. The van der Waals surface area contributed by atoms with Gasteiger partial charge in [-0.25, -0.2) is 0 Å². The van der Waals surface area contributed by atoms with Crippen LogP contribution in [0.3, 0.4) is 0 Å². The maximum Gasteiger partial charge on any atom is 0.243 e. The molecule has 0 saturated heterocycles. The van der Waals surface area contributed by atoms with Crippen molar-refractivity contribution in [3.8, 4) is 0 Å². The third-order valence-electron chi connectivity index (χ3n) is 6.07. The fourth-order valence-corrected chi connectivity index (χ4v) is 4.40. The number of hydrogen-bond acceptors (Lipinski definition) is 2. The van der Waals surface area contributed by atoms with Crippen LogP contribution >= 0.6 is 23.2 Å². The Hall–Kier alpha value is -2.82. The monoisotopic (exact) mass is 510 g/mol. The molecule has 184 valence electrons. The van der Waals surface area contributed by atoms with Gasteiger partial charge in [-0.2, -0.15) is 0 Å². The largest absolute Gasteiger partial charge is 0.352 e. The molecule has 0 aliphatic carbocycles. The van der Waals surface area contributed by atoms with Crippen molar-refractivity contribution in [2.75, 3.05) is 0 Å². The molecular formula is C29H32Cl2N2O2. The predicted octanol–water partition coefficient (Wildman–Crippen LogP) is 6.40. The van der Waals surface area contributed by atoms with E-state index in [1.54, 1.807) is 17.0 Å². The Kier molecular flexibility index (Phi) is 9.76. The number of carbonyl (C=O) groups excluding carboxylic acids is 2. The Morgan fingerprint density at radius 1 is 0.943 bits per heavy atom. The van der Waals surface area contributed by atoms with Gasteiger partial charge in [-0.15, -0.1) is 0 Å². The number of halogens is 2. The molecule has 0 aliphatic rings. The highest BCUT2D eigenvalue weighted by molar-refractivity contribution is 6.35. The number of rotatable bonds is 10. The van der Waals surface area contributed by atoms with E-state index >= 15 is 0 Å².